The molecular formula is C20H27IN6O4S. The number of nitrogens with zero attached hydrogens (tertiary/aromatic N) is 3. The predicted octanol–water partition coefficient (Wildman–Crippen LogP) is 1.94. The van der Waals surface area contributed by atoms with Gasteiger partial charge < -0.3 is 15.5 Å². The van der Waals surface area contributed by atoms with Gasteiger partial charge in [0.15, 0.2) is 5.96 Å². The van der Waals surface area contributed by atoms with E-state index in [4.69, 9.17) is 0 Å². The molecule has 1 aliphatic heterocycles. The molecule has 0 bridgehead atoms. The van der Waals surface area contributed by atoms with Crippen molar-refractivity contribution >= 4 is 51.3 Å². The summed E-state index contributed by atoms with van der Waals surface area (Å²) < 4.78 is 27.2. The number of hydrogen-bond donors (Lipinski definition) is 3. The third-order valence-corrected chi connectivity index (χ3v) is 6.38. The van der Waals surface area contributed by atoms with Crippen LogP contribution in [0.5, 0.6) is 0 Å². The molecule has 0 aromatic heterocycles. The Kier molecular flexibility index (Phi) is 9.65. The Bertz CT molecular complexity index is 1040. The Morgan fingerprint density at radius 1 is 1.19 bits per heavy atom. The summed E-state index contributed by atoms with van der Waals surface area (Å²) in [4.78, 5) is 16.6. The molecule has 1 atom stereocenters. The molecule has 3 N–H and O–H groups in total. The molecule has 174 valence electrons. The summed E-state index contributed by atoms with van der Waals surface area (Å²) in [7, 11) is -2.18. The maximum absolute atomic E-state index is 12.4. The van der Waals surface area contributed by atoms with Crippen molar-refractivity contribution in [1.29, 1.82) is 0 Å². The molecule has 2 aromatic carbocycles. The number of nitrogens with one attached hydrogen (secondary N) is 3. The van der Waals surface area contributed by atoms with Gasteiger partial charge in [-0.05, 0) is 24.6 Å². The standard InChI is InChI=1S/C20H26N6O4S.HI/c1-21-20(24-16-10-13-25(15-16)17-6-3-2-4-7-17)22-11-12-23-31(29,30)19-9-5-8-18(14-19)26(27)28;/h2-9,14,16,23H,10-13,15H2,1H3,(H2,21,22,24);1H. The highest BCUT2D eigenvalue weighted by Gasteiger charge is 2.23. The van der Waals surface area contributed by atoms with Gasteiger partial charge in [-0.25, -0.2) is 13.1 Å². The van der Waals surface area contributed by atoms with Gasteiger partial charge in [-0.15, -0.1) is 24.0 Å². The number of halogens is 1. The van der Waals surface area contributed by atoms with Gasteiger partial charge in [0.05, 0.1) is 9.82 Å². The van der Waals surface area contributed by atoms with Crippen molar-refractivity contribution in [3.63, 3.8) is 0 Å². The van der Waals surface area contributed by atoms with E-state index in [1.807, 2.05) is 18.2 Å². The molecule has 12 heteroatoms. The smallest absolute Gasteiger partial charge is 0.270 e. The molecule has 10 nitrogen and oxygen atoms in total. The lowest BCUT2D eigenvalue weighted by Gasteiger charge is -2.20. The summed E-state index contributed by atoms with van der Waals surface area (Å²) in [6.07, 6.45) is 0.967. The number of hydrogen-bond acceptors (Lipinski definition) is 6. The van der Waals surface area contributed by atoms with Gasteiger partial charge in [0, 0.05) is 57.1 Å². The maximum atomic E-state index is 12.4. The maximum Gasteiger partial charge on any atom is 0.270 e. The van der Waals surface area contributed by atoms with Crippen molar-refractivity contribution < 1.29 is 13.3 Å². The van der Waals surface area contributed by atoms with Crippen LogP contribution in [0.3, 0.4) is 0 Å². The van der Waals surface area contributed by atoms with E-state index in [0.29, 0.717) is 12.5 Å². The van der Waals surface area contributed by atoms with Crippen LogP contribution >= 0.6 is 24.0 Å². The van der Waals surface area contributed by atoms with Gasteiger partial charge >= 0.3 is 0 Å². The third-order valence-electron chi connectivity index (χ3n) is 4.92. The number of sulfonamides is 1. The molecular weight excluding hydrogens is 547 g/mol. The van der Waals surface area contributed by atoms with Crippen LogP contribution in [0, 0.1) is 10.1 Å². The van der Waals surface area contributed by atoms with E-state index in [9.17, 15) is 18.5 Å². The number of nitro benzene ring substituents is 1. The van der Waals surface area contributed by atoms with Crippen LogP contribution in [-0.2, 0) is 10.0 Å². The summed E-state index contributed by atoms with van der Waals surface area (Å²) in [5.41, 5.74) is 0.914. The van der Waals surface area contributed by atoms with E-state index in [1.165, 1.54) is 23.9 Å². The lowest BCUT2D eigenvalue weighted by Crippen LogP contribution is -2.46. The van der Waals surface area contributed by atoms with Crippen LogP contribution in [0.1, 0.15) is 6.42 Å². The fourth-order valence-electron chi connectivity index (χ4n) is 3.35. The highest BCUT2D eigenvalue weighted by Crippen LogP contribution is 2.19. The van der Waals surface area contributed by atoms with Crippen LogP contribution in [0.15, 0.2) is 64.5 Å². The summed E-state index contributed by atoms with van der Waals surface area (Å²) in [6, 6.07) is 15.4. The Morgan fingerprint density at radius 3 is 2.62 bits per heavy atom. The molecule has 1 fully saturated rings. The fraction of sp³-hybridized carbons (Fsp3) is 0.350. The first-order valence-corrected chi connectivity index (χ1v) is 11.4. The molecule has 1 unspecified atom stereocenters. The number of non-ortho nitro benzene ring substituents is 1. The van der Waals surface area contributed by atoms with Crippen molar-refractivity contribution in [3.05, 3.63) is 64.7 Å². The van der Waals surface area contributed by atoms with Gasteiger partial charge in [-0.2, -0.15) is 0 Å². The predicted molar refractivity (Wildman–Crippen MR) is 135 cm³/mol. The van der Waals surface area contributed by atoms with Gasteiger partial charge in [-0.3, -0.25) is 15.1 Å². The average Bonchev–Trinajstić information content (AvgIpc) is 3.25. The SMILES string of the molecule is CN=C(NCCNS(=O)(=O)c1cccc([N+](=O)[O-])c1)NC1CCN(c2ccccc2)C1.I. The summed E-state index contributed by atoms with van der Waals surface area (Å²) >= 11 is 0. The zero-order chi connectivity index (χ0) is 22.3. The van der Waals surface area contributed by atoms with Crippen molar-refractivity contribution in [2.24, 2.45) is 4.99 Å². The van der Waals surface area contributed by atoms with Crippen LogP contribution in [0.25, 0.3) is 0 Å². The minimum atomic E-state index is -3.84. The number of guanidine groups is 1. The molecule has 0 radical (unpaired) electrons. The van der Waals surface area contributed by atoms with E-state index >= 15 is 0 Å². The van der Waals surface area contributed by atoms with Crippen molar-refractivity contribution in [2.45, 2.75) is 17.4 Å². The Morgan fingerprint density at radius 2 is 1.94 bits per heavy atom. The highest BCUT2D eigenvalue weighted by molar-refractivity contribution is 14.0. The highest BCUT2D eigenvalue weighted by atomic mass is 127. The largest absolute Gasteiger partial charge is 0.369 e. The second-order valence-electron chi connectivity index (χ2n) is 7.06. The van der Waals surface area contributed by atoms with E-state index in [1.54, 1.807) is 7.05 Å². The zero-order valence-electron chi connectivity index (χ0n) is 17.6. The molecule has 32 heavy (non-hydrogen) atoms. The van der Waals surface area contributed by atoms with E-state index in [0.717, 1.165) is 25.6 Å². The number of anilines is 1. The second kappa shape index (κ2) is 12.0. The number of rotatable bonds is 8. The van der Waals surface area contributed by atoms with Crippen LogP contribution in [0.2, 0.25) is 0 Å². The average molecular weight is 574 g/mol. The number of para-hydroxylation sites is 1. The second-order valence-corrected chi connectivity index (χ2v) is 8.83. The van der Waals surface area contributed by atoms with Crippen LogP contribution < -0.4 is 20.3 Å². The topological polar surface area (TPSA) is 129 Å². The monoisotopic (exact) mass is 574 g/mol. The molecule has 1 aliphatic rings. The van der Waals surface area contributed by atoms with Gasteiger partial charge in [-0.1, -0.05) is 24.3 Å². The number of aliphatic imine (C=N–C) groups is 1. The molecule has 0 saturated carbocycles. The quantitative estimate of drug-likeness (QED) is 0.110. The summed E-state index contributed by atoms with van der Waals surface area (Å²) in [6.45, 7) is 2.21. The molecule has 0 amide bonds. The Hall–Kier alpha value is -2.45. The molecule has 1 saturated heterocycles. The Balaban J connectivity index is 0.00000363. The minimum absolute atomic E-state index is 0. The van der Waals surface area contributed by atoms with Gasteiger partial charge in [0.1, 0.15) is 0 Å². The third kappa shape index (κ3) is 7.03. The van der Waals surface area contributed by atoms with E-state index < -0.39 is 14.9 Å². The first-order valence-electron chi connectivity index (χ1n) is 9.90. The van der Waals surface area contributed by atoms with Crippen LogP contribution in [-0.4, -0.2) is 58.6 Å². The van der Waals surface area contributed by atoms with E-state index in [-0.39, 0.29) is 47.1 Å². The van der Waals surface area contributed by atoms with E-state index in [2.05, 4.69) is 37.4 Å². The zero-order valence-corrected chi connectivity index (χ0v) is 20.7. The first kappa shape index (κ1) is 25.8. The molecule has 0 spiro atoms. The van der Waals surface area contributed by atoms with Gasteiger partial charge in [0.2, 0.25) is 10.0 Å². The van der Waals surface area contributed by atoms with Crippen molar-refractivity contribution in [3.8, 4) is 0 Å². The molecule has 0 aliphatic carbocycles. The lowest BCUT2D eigenvalue weighted by atomic mass is 10.3. The van der Waals surface area contributed by atoms with Crippen LogP contribution in [0.4, 0.5) is 11.4 Å². The molecule has 1 heterocycles. The summed E-state index contributed by atoms with van der Waals surface area (Å²) in [5, 5.41) is 17.3. The molecule has 3 rings (SSSR count). The fourth-order valence-corrected chi connectivity index (χ4v) is 4.42. The molecule has 2 aromatic rings. The number of benzene rings is 2. The minimum Gasteiger partial charge on any atom is -0.369 e. The Labute approximate surface area is 204 Å². The first-order chi connectivity index (χ1) is 14.9. The number of nitro groups is 1. The van der Waals surface area contributed by atoms with Gasteiger partial charge in [0.25, 0.3) is 5.69 Å². The summed E-state index contributed by atoms with van der Waals surface area (Å²) in [5.74, 6) is 0.592. The van der Waals surface area contributed by atoms with Crippen molar-refractivity contribution in [2.75, 3.05) is 38.1 Å². The lowest BCUT2D eigenvalue weighted by molar-refractivity contribution is -0.385. The normalized spacial score (nSPS) is 16.3. The van der Waals surface area contributed by atoms with Crippen molar-refractivity contribution in [1.82, 2.24) is 15.4 Å².